The largest absolute Gasteiger partial charge is 0.428 e. The fourth-order valence-corrected chi connectivity index (χ4v) is 3.17. The predicted octanol–water partition coefficient (Wildman–Crippen LogP) is 2.18. The highest BCUT2D eigenvalue weighted by Gasteiger charge is 2.29. The second kappa shape index (κ2) is 9.08. The topological polar surface area (TPSA) is 62.3 Å². The summed E-state index contributed by atoms with van der Waals surface area (Å²) < 4.78 is 0. The number of rotatable bonds is 5. The average molecular weight is 327 g/mol. The normalized spacial score (nSPS) is 19.7. The van der Waals surface area contributed by atoms with Crippen LogP contribution in [0.1, 0.15) is 51.4 Å². The third kappa shape index (κ3) is 5.35. The Morgan fingerprint density at radius 3 is 2.26 bits per heavy atom. The van der Waals surface area contributed by atoms with Gasteiger partial charge >= 0.3 is 6.09 Å². The van der Waals surface area contributed by atoms with Crippen LogP contribution in [0.4, 0.5) is 4.79 Å². The van der Waals surface area contributed by atoms with E-state index in [1.54, 1.807) is 17.0 Å². The van der Waals surface area contributed by atoms with Gasteiger partial charge in [0.05, 0.1) is 7.11 Å². The van der Waals surface area contributed by atoms with Crippen LogP contribution in [0.2, 0.25) is 0 Å². The lowest BCUT2D eigenvalue weighted by atomic mass is 9.95. The quantitative estimate of drug-likeness (QED) is 0.724. The van der Waals surface area contributed by atoms with Crippen molar-refractivity contribution in [3.8, 4) is 0 Å². The summed E-state index contributed by atoms with van der Waals surface area (Å²) in [4.78, 5) is 36.8. The first-order chi connectivity index (χ1) is 11.1. The summed E-state index contributed by atoms with van der Waals surface area (Å²) in [5.41, 5.74) is 0. The van der Waals surface area contributed by atoms with Crippen LogP contribution in [0.15, 0.2) is 0 Å². The minimum Gasteiger partial charge on any atom is -0.350 e. The molecule has 1 aliphatic carbocycles. The molecule has 2 aliphatic rings. The van der Waals surface area contributed by atoms with Crippen LogP contribution < -0.4 is 0 Å². The van der Waals surface area contributed by atoms with Crippen molar-refractivity contribution in [1.82, 2.24) is 15.0 Å². The summed E-state index contributed by atoms with van der Waals surface area (Å²) in [7, 11) is 3.01. The Hall–Kier alpha value is -1.34. The molecule has 0 bridgehead atoms. The Morgan fingerprint density at radius 1 is 1.04 bits per heavy atom. The van der Waals surface area contributed by atoms with Crippen LogP contribution in [0.5, 0.6) is 0 Å². The molecular formula is C16H29N3O4. The van der Waals surface area contributed by atoms with Gasteiger partial charge in [-0.15, -0.1) is 5.06 Å². The van der Waals surface area contributed by atoms with E-state index in [0.29, 0.717) is 0 Å². The number of hydrogen-bond acceptors (Lipinski definition) is 5. The van der Waals surface area contributed by atoms with E-state index in [1.807, 2.05) is 0 Å². The fraction of sp³-hybridized carbons (Fsp3) is 0.875. The van der Waals surface area contributed by atoms with Gasteiger partial charge in [-0.05, 0) is 32.1 Å². The lowest BCUT2D eigenvalue weighted by molar-refractivity contribution is -0.190. The van der Waals surface area contributed by atoms with Gasteiger partial charge in [-0.25, -0.2) is 9.86 Å². The van der Waals surface area contributed by atoms with Crippen LogP contribution in [-0.4, -0.2) is 66.9 Å². The van der Waals surface area contributed by atoms with Crippen LogP contribution in [0, 0.1) is 0 Å². The number of likely N-dealkylation sites (N-methyl/N-ethyl adjacent to an activating group) is 1. The highest BCUT2D eigenvalue weighted by molar-refractivity contribution is 5.77. The zero-order valence-electron chi connectivity index (χ0n) is 14.3. The van der Waals surface area contributed by atoms with Crippen molar-refractivity contribution in [3.63, 3.8) is 0 Å². The number of nitrogens with zero attached hydrogens (tertiary/aromatic N) is 3. The number of carbonyl (C=O) groups is 2. The maximum absolute atomic E-state index is 12.4. The van der Waals surface area contributed by atoms with Crippen molar-refractivity contribution in [2.45, 2.75) is 57.4 Å². The molecule has 0 aromatic carbocycles. The van der Waals surface area contributed by atoms with Crippen molar-refractivity contribution >= 4 is 12.0 Å². The first-order valence-electron chi connectivity index (χ1n) is 8.66. The number of amides is 2. The van der Waals surface area contributed by atoms with Crippen molar-refractivity contribution in [2.24, 2.45) is 0 Å². The summed E-state index contributed by atoms with van der Waals surface area (Å²) in [6.07, 6.45) is 8.20. The molecular weight excluding hydrogens is 298 g/mol. The highest BCUT2D eigenvalue weighted by atomic mass is 16.7. The molecule has 0 aromatic heterocycles. The Labute approximate surface area is 138 Å². The standard InChI is InChI=1S/C16H29N3O4/c1-17(22-2)15(20)13-19(14-9-5-3-6-10-14)23-16(21)18-11-7-4-8-12-18/h14H,3-13H2,1-2H3. The van der Waals surface area contributed by atoms with E-state index in [0.717, 1.165) is 58.0 Å². The second-order valence-electron chi connectivity index (χ2n) is 6.35. The summed E-state index contributed by atoms with van der Waals surface area (Å²) >= 11 is 0. The Kier molecular flexibility index (Phi) is 7.11. The van der Waals surface area contributed by atoms with Gasteiger partial charge in [0.2, 0.25) is 0 Å². The zero-order chi connectivity index (χ0) is 16.7. The highest BCUT2D eigenvalue weighted by Crippen LogP contribution is 2.23. The monoisotopic (exact) mass is 327 g/mol. The van der Waals surface area contributed by atoms with Crippen LogP contribution >= 0.6 is 0 Å². The Bertz CT molecular complexity index is 393. The van der Waals surface area contributed by atoms with E-state index >= 15 is 0 Å². The minimum absolute atomic E-state index is 0.0363. The second-order valence-corrected chi connectivity index (χ2v) is 6.35. The first-order valence-corrected chi connectivity index (χ1v) is 8.66. The molecule has 7 heteroatoms. The van der Waals surface area contributed by atoms with Crippen molar-refractivity contribution in [3.05, 3.63) is 0 Å². The predicted molar refractivity (Wildman–Crippen MR) is 85.3 cm³/mol. The van der Waals surface area contributed by atoms with Gasteiger partial charge in [-0.2, -0.15) is 0 Å². The summed E-state index contributed by atoms with van der Waals surface area (Å²) in [5.74, 6) is -0.218. The van der Waals surface area contributed by atoms with Crippen LogP contribution in [0.3, 0.4) is 0 Å². The molecule has 2 fully saturated rings. The van der Waals surface area contributed by atoms with Crippen LogP contribution in [0.25, 0.3) is 0 Å². The molecule has 0 N–H and O–H groups in total. The van der Waals surface area contributed by atoms with Gasteiger partial charge < -0.3 is 9.74 Å². The third-order valence-electron chi connectivity index (χ3n) is 4.71. The van der Waals surface area contributed by atoms with E-state index in [-0.39, 0.29) is 24.6 Å². The molecule has 0 unspecified atom stereocenters. The van der Waals surface area contributed by atoms with Gasteiger partial charge in [0.15, 0.2) is 0 Å². The molecule has 1 heterocycles. The van der Waals surface area contributed by atoms with Crippen molar-refractivity contribution in [1.29, 1.82) is 0 Å². The Balaban J connectivity index is 1.96. The fourth-order valence-electron chi connectivity index (χ4n) is 3.17. The number of carbonyl (C=O) groups excluding carboxylic acids is 2. The molecule has 1 saturated carbocycles. The third-order valence-corrected chi connectivity index (χ3v) is 4.71. The molecule has 7 nitrogen and oxygen atoms in total. The molecule has 1 saturated heterocycles. The summed E-state index contributed by atoms with van der Waals surface area (Å²) in [6, 6.07) is 0.117. The Morgan fingerprint density at radius 2 is 1.65 bits per heavy atom. The maximum Gasteiger partial charge on any atom is 0.428 e. The molecule has 0 spiro atoms. The van der Waals surface area contributed by atoms with E-state index in [1.165, 1.54) is 18.6 Å². The van der Waals surface area contributed by atoms with E-state index in [9.17, 15) is 9.59 Å². The number of hydroxylamine groups is 4. The van der Waals surface area contributed by atoms with Crippen LogP contribution in [-0.2, 0) is 14.5 Å². The van der Waals surface area contributed by atoms with E-state index < -0.39 is 0 Å². The minimum atomic E-state index is -0.330. The van der Waals surface area contributed by atoms with Gasteiger partial charge in [0, 0.05) is 26.2 Å². The number of hydrogen-bond donors (Lipinski definition) is 0. The van der Waals surface area contributed by atoms with Gasteiger partial charge in [0.25, 0.3) is 5.91 Å². The van der Waals surface area contributed by atoms with Crippen molar-refractivity contribution in [2.75, 3.05) is 33.8 Å². The summed E-state index contributed by atoms with van der Waals surface area (Å²) in [5, 5.41) is 2.75. The lowest BCUT2D eigenvalue weighted by Crippen LogP contribution is -2.48. The lowest BCUT2D eigenvalue weighted by Gasteiger charge is -2.35. The molecule has 2 amide bonds. The average Bonchev–Trinajstić information content (AvgIpc) is 2.61. The molecule has 23 heavy (non-hydrogen) atoms. The SMILES string of the molecule is CON(C)C(=O)CN(OC(=O)N1CCCCC1)C1CCCCC1. The van der Waals surface area contributed by atoms with Crippen molar-refractivity contribution < 1.29 is 19.3 Å². The molecule has 0 atom stereocenters. The van der Waals surface area contributed by atoms with E-state index in [4.69, 9.17) is 9.68 Å². The smallest absolute Gasteiger partial charge is 0.350 e. The maximum atomic E-state index is 12.4. The van der Waals surface area contributed by atoms with Gasteiger partial charge in [-0.3, -0.25) is 9.63 Å². The number of piperidine rings is 1. The first kappa shape index (κ1) is 18.0. The molecule has 2 rings (SSSR count). The molecule has 0 radical (unpaired) electrons. The number of likely N-dealkylation sites (tertiary alicyclic amines) is 1. The zero-order valence-corrected chi connectivity index (χ0v) is 14.3. The molecule has 132 valence electrons. The summed E-state index contributed by atoms with van der Waals surface area (Å²) in [6.45, 7) is 1.51. The van der Waals surface area contributed by atoms with Gasteiger partial charge in [0.1, 0.15) is 6.54 Å². The molecule has 0 aromatic rings. The van der Waals surface area contributed by atoms with Gasteiger partial charge in [-0.1, -0.05) is 19.3 Å². The van der Waals surface area contributed by atoms with E-state index in [2.05, 4.69) is 0 Å². The molecule has 1 aliphatic heterocycles.